The SMILES string of the molecule is O=C(O)c1oc2ccc(F)cc2c(=O)c1O. The van der Waals surface area contributed by atoms with Crippen LogP contribution in [0.5, 0.6) is 5.75 Å². The first-order chi connectivity index (χ1) is 7.50. The Hall–Kier alpha value is -2.37. The van der Waals surface area contributed by atoms with Crippen molar-refractivity contribution in [2.45, 2.75) is 0 Å². The van der Waals surface area contributed by atoms with Crippen molar-refractivity contribution >= 4 is 16.9 Å². The van der Waals surface area contributed by atoms with E-state index in [0.717, 1.165) is 18.2 Å². The fourth-order valence-corrected chi connectivity index (χ4v) is 1.30. The Labute approximate surface area is 87.4 Å². The lowest BCUT2D eigenvalue weighted by molar-refractivity contribution is 0.0657. The molecule has 1 aromatic carbocycles. The Balaban J connectivity index is 2.94. The molecule has 16 heavy (non-hydrogen) atoms. The van der Waals surface area contributed by atoms with Crippen LogP contribution in [0.2, 0.25) is 0 Å². The minimum Gasteiger partial charge on any atom is -0.501 e. The number of carboxylic acid groups (broad SMARTS) is 1. The summed E-state index contributed by atoms with van der Waals surface area (Å²) in [7, 11) is 0. The molecule has 1 heterocycles. The lowest BCUT2D eigenvalue weighted by Gasteiger charge is -2.01. The van der Waals surface area contributed by atoms with E-state index >= 15 is 0 Å². The van der Waals surface area contributed by atoms with Gasteiger partial charge in [0.15, 0.2) is 0 Å². The van der Waals surface area contributed by atoms with E-state index in [-0.39, 0.29) is 11.0 Å². The van der Waals surface area contributed by atoms with Crippen molar-refractivity contribution in [2.75, 3.05) is 0 Å². The van der Waals surface area contributed by atoms with Crippen molar-refractivity contribution in [3.05, 3.63) is 40.0 Å². The Kier molecular flexibility index (Phi) is 2.12. The molecule has 0 saturated carbocycles. The van der Waals surface area contributed by atoms with Crippen LogP contribution in [-0.2, 0) is 0 Å². The van der Waals surface area contributed by atoms with Crippen LogP contribution < -0.4 is 5.43 Å². The van der Waals surface area contributed by atoms with Crippen LogP contribution >= 0.6 is 0 Å². The third-order valence-electron chi connectivity index (χ3n) is 2.02. The second-order valence-corrected chi connectivity index (χ2v) is 3.05. The number of aromatic hydroxyl groups is 1. The fourth-order valence-electron chi connectivity index (χ4n) is 1.30. The highest BCUT2D eigenvalue weighted by Crippen LogP contribution is 2.20. The van der Waals surface area contributed by atoms with E-state index in [1.54, 1.807) is 0 Å². The maximum Gasteiger partial charge on any atom is 0.375 e. The number of aromatic carboxylic acids is 1. The molecule has 5 nitrogen and oxygen atoms in total. The fraction of sp³-hybridized carbons (Fsp3) is 0. The van der Waals surface area contributed by atoms with Gasteiger partial charge in [-0.3, -0.25) is 4.79 Å². The van der Waals surface area contributed by atoms with Crippen molar-refractivity contribution in [1.82, 2.24) is 0 Å². The lowest BCUT2D eigenvalue weighted by Crippen LogP contribution is -2.08. The van der Waals surface area contributed by atoms with Crippen LogP contribution in [0.4, 0.5) is 4.39 Å². The van der Waals surface area contributed by atoms with Crippen LogP contribution in [0.15, 0.2) is 27.4 Å². The number of carbonyl (C=O) groups is 1. The summed E-state index contributed by atoms with van der Waals surface area (Å²) >= 11 is 0. The first-order valence-electron chi connectivity index (χ1n) is 4.19. The van der Waals surface area contributed by atoms with Gasteiger partial charge in [0.1, 0.15) is 11.4 Å². The summed E-state index contributed by atoms with van der Waals surface area (Å²) in [6, 6.07) is 3.01. The van der Waals surface area contributed by atoms with Crippen LogP contribution in [0.1, 0.15) is 10.6 Å². The average Bonchev–Trinajstić information content (AvgIpc) is 2.23. The molecular weight excluding hydrogens is 219 g/mol. The zero-order valence-electron chi connectivity index (χ0n) is 7.73. The molecule has 6 heteroatoms. The van der Waals surface area contributed by atoms with Gasteiger partial charge in [0.2, 0.25) is 11.2 Å². The second kappa shape index (κ2) is 3.34. The molecule has 2 rings (SSSR count). The molecule has 82 valence electrons. The highest BCUT2D eigenvalue weighted by atomic mass is 19.1. The third kappa shape index (κ3) is 1.40. The number of hydrogen-bond donors (Lipinski definition) is 2. The molecule has 0 bridgehead atoms. The summed E-state index contributed by atoms with van der Waals surface area (Å²) in [4.78, 5) is 22.1. The van der Waals surface area contributed by atoms with Gasteiger partial charge in [-0.25, -0.2) is 9.18 Å². The standard InChI is InChI=1S/C10H5FO5/c11-4-1-2-6-5(3-4)7(12)8(13)9(16-6)10(14)15/h1-3,13H,(H,14,15). The Bertz CT molecular complexity index is 643. The van der Waals surface area contributed by atoms with E-state index in [9.17, 15) is 19.1 Å². The van der Waals surface area contributed by atoms with Gasteiger partial charge in [-0.2, -0.15) is 0 Å². The molecule has 0 spiro atoms. The molecule has 0 radical (unpaired) electrons. The van der Waals surface area contributed by atoms with Gasteiger partial charge in [0.25, 0.3) is 5.76 Å². The summed E-state index contributed by atoms with van der Waals surface area (Å²) < 4.78 is 17.6. The lowest BCUT2D eigenvalue weighted by atomic mass is 10.2. The normalized spacial score (nSPS) is 10.6. The summed E-state index contributed by atoms with van der Waals surface area (Å²) in [6.07, 6.45) is 0. The average molecular weight is 224 g/mol. The van der Waals surface area contributed by atoms with E-state index in [1.165, 1.54) is 0 Å². The molecule has 0 aliphatic carbocycles. The number of carboxylic acids is 1. The van der Waals surface area contributed by atoms with E-state index in [2.05, 4.69) is 0 Å². The monoisotopic (exact) mass is 224 g/mol. The third-order valence-corrected chi connectivity index (χ3v) is 2.02. The maximum atomic E-state index is 12.8. The van der Waals surface area contributed by atoms with Crippen LogP contribution in [0, 0.1) is 5.82 Å². The Morgan fingerprint density at radius 2 is 2.06 bits per heavy atom. The molecule has 0 unspecified atom stereocenters. The number of rotatable bonds is 1. The smallest absolute Gasteiger partial charge is 0.375 e. The first kappa shape index (κ1) is 10.2. The molecule has 0 fully saturated rings. The second-order valence-electron chi connectivity index (χ2n) is 3.05. The zero-order chi connectivity index (χ0) is 11.9. The first-order valence-corrected chi connectivity index (χ1v) is 4.19. The Morgan fingerprint density at radius 3 is 2.69 bits per heavy atom. The molecule has 0 amide bonds. The molecular formula is C10H5FO5. The van der Waals surface area contributed by atoms with Crippen molar-refractivity contribution < 1.29 is 23.8 Å². The molecule has 0 atom stereocenters. The van der Waals surface area contributed by atoms with Crippen molar-refractivity contribution in [3.63, 3.8) is 0 Å². The zero-order valence-corrected chi connectivity index (χ0v) is 7.73. The van der Waals surface area contributed by atoms with Crippen molar-refractivity contribution in [3.8, 4) is 5.75 Å². The number of halogens is 1. The summed E-state index contributed by atoms with van der Waals surface area (Å²) in [6.45, 7) is 0. The predicted molar refractivity (Wildman–Crippen MR) is 51.1 cm³/mol. The van der Waals surface area contributed by atoms with Gasteiger partial charge >= 0.3 is 5.97 Å². The molecule has 0 aliphatic heterocycles. The highest BCUT2D eigenvalue weighted by Gasteiger charge is 2.19. The molecule has 2 aromatic rings. The molecule has 2 N–H and O–H groups in total. The molecule has 0 saturated heterocycles. The van der Waals surface area contributed by atoms with Crippen molar-refractivity contribution in [1.29, 1.82) is 0 Å². The predicted octanol–water partition coefficient (Wildman–Crippen LogP) is 1.34. The topological polar surface area (TPSA) is 87.7 Å². The van der Waals surface area contributed by atoms with Gasteiger partial charge in [0.05, 0.1) is 5.39 Å². The van der Waals surface area contributed by atoms with E-state index in [4.69, 9.17) is 9.52 Å². The van der Waals surface area contributed by atoms with Crippen LogP contribution in [0.3, 0.4) is 0 Å². The quantitative estimate of drug-likeness (QED) is 0.762. The molecule has 0 aliphatic rings. The largest absolute Gasteiger partial charge is 0.501 e. The summed E-state index contributed by atoms with van der Waals surface area (Å²) in [5, 5.41) is 17.7. The van der Waals surface area contributed by atoms with Gasteiger partial charge in [-0.15, -0.1) is 0 Å². The number of benzene rings is 1. The minimum absolute atomic E-state index is 0.0957. The molecule has 1 aromatic heterocycles. The van der Waals surface area contributed by atoms with Crippen molar-refractivity contribution in [2.24, 2.45) is 0 Å². The summed E-state index contributed by atoms with van der Waals surface area (Å²) in [5.74, 6) is -4.14. The van der Waals surface area contributed by atoms with E-state index in [0.29, 0.717) is 0 Å². The van der Waals surface area contributed by atoms with Gasteiger partial charge in [-0.1, -0.05) is 0 Å². The van der Waals surface area contributed by atoms with E-state index < -0.39 is 28.7 Å². The van der Waals surface area contributed by atoms with Gasteiger partial charge < -0.3 is 14.6 Å². The van der Waals surface area contributed by atoms with Gasteiger partial charge in [-0.05, 0) is 18.2 Å². The number of fused-ring (bicyclic) bond motifs is 1. The Morgan fingerprint density at radius 1 is 1.38 bits per heavy atom. The summed E-state index contributed by atoms with van der Waals surface area (Å²) in [5.41, 5.74) is -1.07. The maximum absolute atomic E-state index is 12.8. The number of hydrogen-bond acceptors (Lipinski definition) is 4. The van der Waals surface area contributed by atoms with Gasteiger partial charge in [0, 0.05) is 0 Å². The highest BCUT2D eigenvalue weighted by molar-refractivity contribution is 5.90. The minimum atomic E-state index is -1.57. The van der Waals surface area contributed by atoms with Crippen LogP contribution in [0.25, 0.3) is 11.0 Å². The van der Waals surface area contributed by atoms with E-state index in [1.807, 2.05) is 0 Å². The van der Waals surface area contributed by atoms with Crippen LogP contribution in [-0.4, -0.2) is 16.2 Å².